The van der Waals surface area contributed by atoms with Crippen molar-refractivity contribution in [2.24, 2.45) is 28.8 Å². The molecule has 15 nitrogen and oxygen atoms in total. The van der Waals surface area contributed by atoms with Gasteiger partial charge in [0.25, 0.3) is 11.7 Å². The minimum atomic E-state index is -2.05. The van der Waals surface area contributed by atoms with Gasteiger partial charge in [0.05, 0.1) is 53.0 Å². The Morgan fingerprint density at radius 3 is 2.22 bits per heavy atom. The minimum absolute atomic E-state index is 0.0323. The number of ether oxygens (including phenoxy) is 4. The normalized spacial score (nSPS) is 29.6. The summed E-state index contributed by atoms with van der Waals surface area (Å²) >= 11 is 0. The summed E-state index contributed by atoms with van der Waals surface area (Å²) in [4.78, 5) is 44.7. The van der Waals surface area contributed by atoms with Crippen LogP contribution in [-0.2, 0) is 28.6 Å². The molecule has 0 fully saturated rings. The van der Waals surface area contributed by atoms with Crippen molar-refractivity contribution in [1.82, 2.24) is 0 Å². The second kappa shape index (κ2) is 16.5. The van der Waals surface area contributed by atoms with Gasteiger partial charge in [-0.05, 0) is 19.9 Å². The van der Waals surface area contributed by atoms with Crippen molar-refractivity contribution in [1.29, 1.82) is 0 Å². The molecule has 294 valence electrons. The maximum Gasteiger partial charge on any atom is 0.312 e. The molecule has 2 aromatic carbocycles. The molecule has 6 N–H and O–H groups in total. The number of methoxy groups -OCH3 is 1. The van der Waals surface area contributed by atoms with E-state index in [9.17, 15) is 39.9 Å². The van der Waals surface area contributed by atoms with Crippen LogP contribution in [0, 0.1) is 30.6 Å². The Bertz CT molecular complexity index is 1920. The standard InChI is InChI=1S/C39H50N2O13/c1-17-12-11-13-18(2)38(49)41-29-24(16-40-51-10)33(46)26-27(34(29)47)32(45)22(6)36-28(26)37(48)39(8,54-36)52-15-14-25(50-9)19(3)35(53-23(7)42)21(5)31(44)20(4)30(17)43/h11-17,19-21,25,30-31,35,43-47H,1-10H3,(H,41,49). The molecule has 5 bridgehead atoms. The number of aliphatic hydroxyl groups is 2. The molecule has 1 amide bonds. The van der Waals surface area contributed by atoms with Crippen molar-refractivity contribution in [2.75, 3.05) is 19.5 Å². The minimum Gasteiger partial charge on any atom is -0.507 e. The van der Waals surface area contributed by atoms with Gasteiger partial charge in [-0.3, -0.25) is 14.4 Å². The first kappa shape index (κ1) is 41.6. The number of nitrogens with zero attached hydrogens (tertiary/aromatic N) is 1. The zero-order valence-electron chi connectivity index (χ0n) is 32.0. The number of nitrogens with one attached hydrogen (secondary N) is 1. The number of anilines is 1. The Morgan fingerprint density at radius 2 is 1.61 bits per heavy atom. The highest BCUT2D eigenvalue weighted by molar-refractivity contribution is 6.23. The fraction of sp³-hybridized carbons (Fsp3) is 0.487. The number of aromatic hydroxyl groups is 3. The molecule has 2 aromatic rings. The maximum absolute atomic E-state index is 14.2. The van der Waals surface area contributed by atoms with E-state index >= 15 is 0 Å². The molecule has 9 unspecified atom stereocenters. The van der Waals surface area contributed by atoms with Gasteiger partial charge < -0.3 is 54.6 Å². The predicted octanol–water partition coefficient (Wildman–Crippen LogP) is 4.73. The summed E-state index contributed by atoms with van der Waals surface area (Å²) in [6.07, 6.45) is 4.44. The Balaban J connectivity index is 1.96. The molecule has 0 aliphatic carbocycles. The largest absolute Gasteiger partial charge is 0.507 e. The Hall–Kier alpha value is -5.12. The number of hydrogen-bond acceptors (Lipinski definition) is 14. The first-order valence-corrected chi connectivity index (χ1v) is 17.5. The monoisotopic (exact) mass is 754 g/mol. The van der Waals surface area contributed by atoms with E-state index in [2.05, 4.69) is 10.5 Å². The molecule has 0 radical (unpaired) electrons. The Kier molecular flexibility index (Phi) is 12.7. The zero-order valence-corrected chi connectivity index (χ0v) is 32.0. The van der Waals surface area contributed by atoms with Crippen molar-refractivity contribution in [2.45, 2.75) is 85.6 Å². The van der Waals surface area contributed by atoms with Gasteiger partial charge in [-0.2, -0.15) is 0 Å². The number of benzene rings is 2. The quantitative estimate of drug-likeness (QED) is 0.0818. The van der Waals surface area contributed by atoms with Crippen LogP contribution in [0.25, 0.3) is 10.8 Å². The molecule has 0 spiro atoms. The third kappa shape index (κ3) is 7.74. The molecule has 0 aromatic heterocycles. The molecule has 3 heterocycles. The van der Waals surface area contributed by atoms with E-state index < -0.39 is 88.8 Å². The number of Topliss-reactive ketones (excluding diaryl/α,β-unsaturated/α-hetero) is 1. The van der Waals surface area contributed by atoms with Crippen LogP contribution in [-0.4, -0.2) is 93.8 Å². The van der Waals surface area contributed by atoms with Crippen LogP contribution in [0.5, 0.6) is 23.0 Å². The van der Waals surface area contributed by atoms with Crippen molar-refractivity contribution < 1.29 is 63.7 Å². The van der Waals surface area contributed by atoms with E-state index in [0.717, 1.165) is 6.21 Å². The lowest BCUT2D eigenvalue weighted by atomic mass is 9.78. The SMILES string of the molecule is CON=Cc1c2c(O)c3c(O)c(C)c4c(c3c1O)C(=O)C(C)(OC=CC(OC)C(C)C(OC(C)=O)C(C)C(O)C(C)C(O)C(C)C=CC=C(C)C(=O)N2)O4. The number of hydrogen-bond donors (Lipinski definition) is 6. The molecular weight excluding hydrogens is 704 g/mol. The lowest BCUT2D eigenvalue weighted by Crippen LogP contribution is -2.46. The van der Waals surface area contributed by atoms with Gasteiger partial charge in [0.15, 0.2) is 5.75 Å². The summed E-state index contributed by atoms with van der Waals surface area (Å²) in [6, 6.07) is 0. The summed E-state index contributed by atoms with van der Waals surface area (Å²) in [6.45, 7) is 12.4. The summed E-state index contributed by atoms with van der Waals surface area (Å²) in [7, 11) is 2.66. The van der Waals surface area contributed by atoms with E-state index in [1.165, 1.54) is 60.3 Å². The van der Waals surface area contributed by atoms with Crippen LogP contribution in [0.1, 0.15) is 70.0 Å². The smallest absolute Gasteiger partial charge is 0.312 e. The van der Waals surface area contributed by atoms with Crippen molar-refractivity contribution >= 4 is 40.3 Å². The van der Waals surface area contributed by atoms with Crippen LogP contribution in [0.2, 0.25) is 0 Å². The average Bonchev–Trinajstić information content (AvgIpc) is 3.39. The van der Waals surface area contributed by atoms with Crippen molar-refractivity contribution in [3.05, 3.63) is 52.8 Å². The molecule has 15 heteroatoms. The van der Waals surface area contributed by atoms with Gasteiger partial charge in [0, 0.05) is 61.2 Å². The van der Waals surface area contributed by atoms with Gasteiger partial charge in [-0.25, -0.2) is 0 Å². The second-order valence-corrected chi connectivity index (χ2v) is 14.0. The van der Waals surface area contributed by atoms with Crippen molar-refractivity contribution in [3.63, 3.8) is 0 Å². The topological polar surface area (TPSA) is 223 Å². The number of oxime groups is 1. The van der Waals surface area contributed by atoms with Crippen LogP contribution in [0.4, 0.5) is 5.69 Å². The third-order valence-corrected chi connectivity index (χ3v) is 10.3. The van der Waals surface area contributed by atoms with Gasteiger partial charge >= 0.3 is 11.8 Å². The zero-order chi connectivity index (χ0) is 40.4. The van der Waals surface area contributed by atoms with Gasteiger partial charge in [0.1, 0.15) is 30.5 Å². The fourth-order valence-corrected chi connectivity index (χ4v) is 6.98. The van der Waals surface area contributed by atoms with E-state index in [4.69, 9.17) is 23.8 Å². The van der Waals surface area contributed by atoms with E-state index in [-0.39, 0.29) is 44.5 Å². The van der Waals surface area contributed by atoms with Crippen molar-refractivity contribution in [3.8, 4) is 23.0 Å². The summed E-state index contributed by atoms with van der Waals surface area (Å²) < 4.78 is 23.3. The third-order valence-electron chi connectivity index (χ3n) is 10.3. The van der Waals surface area contributed by atoms with Crippen LogP contribution in [0.15, 0.2) is 41.3 Å². The molecular formula is C39H50N2O13. The van der Waals surface area contributed by atoms with E-state index in [0.29, 0.717) is 0 Å². The fourth-order valence-electron chi connectivity index (χ4n) is 6.98. The number of esters is 1. The number of phenolic OH excluding ortho intramolecular Hbond substituents is 3. The summed E-state index contributed by atoms with van der Waals surface area (Å²) in [5, 5.41) is 63.0. The van der Waals surface area contributed by atoms with E-state index in [1.807, 2.05) is 0 Å². The Morgan fingerprint density at radius 1 is 0.944 bits per heavy atom. The maximum atomic E-state index is 14.2. The molecule has 3 aliphatic heterocycles. The average molecular weight is 755 g/mol. The number of ketones is 1. The highest BCUT2D eigenvalue weighted by atomic mass is 16.7. The van der Waals surface area contributed by atoms with Crippen LogP contribution in [0.3, 0.4) is 0 Å². The van der Waals surface area contributed by atoms with Gasteiger partial charge in [0.2, 0.25) is 0 Å². The van der Waals surface area contributed by atoms with Crippen LogP contribution >= 0.6 is 0 Å². The first-order valence-electron chi connectivity index (χ1n) is 17.5. The molecule has 3 aliphatic rings. The summed E-state index contributed by atoms with van der Waals surface area (Å²) in [5.74, 6) is -8.63. The molecule has 9 atom stereocenters. The molecule has 0 saturated heterocycles. The second-order valence-electron chi connectivity index (χ2n) is 14.0. The highest BCUT2D eigenvalue weighted by Gasteiger charge is 2.50. The first-order chi connectivity index (χ1) is 25.3. The number of allylic oxidation sites excluding steroid dienone is 2. The van der Waals surface area contributed by atoms with Crippen LogP contribution < -0.4 is 10.1 Å². The van der Waals surface area contributed by atoms with Gasteiger partial charge in [-0.1, -0.05) is 51.1 Å². The highest BCUT2D eigenvalue weighted by Crippen LogP contribution is 2.55. The number of phenols is 3. The molecule has 5 rings (SSSR count). The lowest BCUT2D eigenvalue weighted by Gasteiger charge is -2.38. The predicted molar refractivity (Wildman–Crippen MR) is 198 cm³/mol. The van der Waals surface area contributed by atoms with Gasteiger partial charge in [-0.15, -0.1) is 0 Å². The number of rotatable bonds is 4. The van der Waals surface area contributed by atoms with E-state index in [1.54, 1.807) is 39.8 Å². The number of fused-ring (bicyclic) bond motifs is 14. The Labute approximate surface area is 313 Å². The number of carbonyl (C=O) groups is 3. The molecule has 0 saturated carbocycles. The number of aliphatic hydroxyl groups excluding tert-OH is 2. The number of carbonyl (C=O) groups excluding carboxylic acids is 3. The lowest BCUT2D eigenvalue weighted by molar-refractivity contribution is -0.160. The number of amides is 1. The molecule has 54 heavy (non-hydrogen) atoms. The summed E-state index contributed by atoms with van der Waals surface area (Å²) in [5.41, 5.74) is -0.636.